The van der Waals surface area contributed by atoms with Crippen LogP contribution >= 0.6 is 0 Å². The Labute approximate surface area is 110 Å². The van der Waals surface area contributed by atoms with E-state index in [0.717, 1.165) is 12.0 Å². The van der Waals surface area contributed by atoms with Gasteiger partial charge in [-0.05, 0) is 51.8 Å². The van der Waals surface area contributed by atoms with Crippen LogP contribution in [-0.2, 0) is 4.74 Å². The fourth-order valence-corrected chi connectivity index (χ4v) is 2.18. The van der Waals surface area contributed by atoms with Crippen molar-refractivity contribution in [1.82, 2.24) is 5.32 Å². The van der Waals surface area contributed by atoms with Crippen molar-refractivity contribution in [3.63, 3.8) is 0 Å². The number of nitrogens with one attached hydrogen (secondary N) is 1. The molecule has 0 saturated heterocycles. The first-order chi connectivity index (χ1) is 8.34. The van der Waals surface area contributed by atoms with Crippen LogP contribution in [0.15, 0.2) is 24.3 Å². The van der Waals surface area contributed by atoms with Gasteiger partial charge in [0.2, 0.25) is 0 Å². The highest BCUT2D eigenvalue weighted by atomic mass is 19.1. The summed E-state index contributed by atoms with van der Waals surface area (Å²) in [6.45, 7) is 8.30. The molecule has 1 aromatic carbocycles. The predicted octanol–water partition coefficient (Wildman–Crippen LogP) is 3.68. The normalized spacial score (nSPS) is 15.4. The summed E-state index contributed by atoms with van der Waals surface area (Å²) in [5.41, 5.74) is 0.825. The van der Waals surface area contributed by atoms with Crippen molar-refractivity contribution in [1.29, 1.82) is 0 Å². The second-order valence-electron chi connectivity index (χ2n) is 5.51. The molecule has 0 aliphatic carbocycles. The van der Waals surface area contributed by atoms with Crippen LogP contribution in [0.25, 0.3) is 0 Å². The Bertz CT molecular complexity index is 379. The third kappa shape index (κ3) is 4.75. The van der Waals surface area contributed by atoms with E-state index in [1.807, 2.05) is 13.0 Å². The van der Waals surface area contributed by atoms with E-state index in [0.29, 0.717) is 6.04 Å². The van der Waals surface area contributed by atoms with Gasteiger partial charge in [0.25, 0.3) is 0 Å². The first-order valence-electron chi connectivity index (χ1n) is 6.41. The van der Waals surface area contributed by atoms with Gasteiger partial charge in [0.1, 0.15) is 5.82 Å². The van der Waals surface area contributed by atoms with Gasteiger partial charge >= 0.3 is 0 Å². The molecule has 2 atom stereocenters. The summed E-state index contributed by atoms with van der Waals surface area (Å²) in [6, 6.07) is 7.16. The molecular formula is C15H24FNO. The molecule has 102 valence electrons. The van der Waals surface area contributed by atoms with Gasteiger partial charge in [-0.1, -0.05) is 12.1 Å². The molecule has 18 heavy (non-hydrogen) atoms. The molecule has 0 bridgehead atoms. The molecule has 2 nitrogen and oxygen atoms in total. The monoisotopic (exact) mass is 253 g/mol. The highest BCUT2D eigenvalue weighted by Crippen LogP contribution is 2.19. The zero-order valence-electron chi connectivity index (χ0n) is 12.0. The molecule has 0 aromatic heterocycles. The van der Waals surface area contributed by atoms with Crippen LogP contribution in [0.3, 0.4) is 0 Å². The summed E-state index contributed by atoms with van der Waals surface area (Å²) in [7, 11) is 1.72. The Morgan fingerprint density at radius 2 is 2.00 bits per heavy atom. The molecule has 3 heteroatoms. The molecule has 1 N–H and O–H groups in total. The zero-order chi connectivity index (χ0) is 13.8. The number of hydrogen-bond acceptors (Lipinski definition) is 2. The lowest BCUT2D eigenvalue weighted by molar-refractivity contribution is 0.00782. The Balaban J connectivity index is 2.57. The van der Waals surface area contributed by atoms with Crippen molar-refractivity contribution in [3.8, 4) is 0 Å². The Hall–Kier alpha value is -0.930. The number of halogens is 1. The standard InChI is InChI=1S/C15H24FNO/c1-11(10-15(3,4)18-5)17-12(2)13-7-6-8-14(16)9-13/h6-9,11-12,17H,10H2,1-5H3/t11?,12-/m1/s1. The summed E-state index contributed by atoms with van der Waals surface area (Å²) in [4.78, 5) is 0. The van der Waals surface area contributed by atoms with Crippen molar-refractivity contribution in [2.75, 3.05) is 7.11 Å². The number of benzene rings is 1. The summed E-state index contributed by atoms with van der Waals surface area (Å²) in [6.07, 6.45) is 0.906. The van der Waals surface area contributed by atoms with E-state index < -0.39 is 0 Å². The lowest BCUT2D eigenvalue weighted by atomic mass is 9.98. The first kappa shape index (κ1) is 15.1. The molecule has 1 aromatic rings. The number of rotatable bonds is 6. The number of methoxy groups -OCH3 is 1. The SMILES string of the molecule is COC(C)(C)CC(C)N[C@H](C)c1cccc(F)c1. The van der Waals surface area contributed by atoms with E-state index in [1.165, 1.54) is 6.07 Å². The Morgan fingerprint density at radius 3 is 2.56 bits per heavy atom. The quantitative estimate of drug-likeness (QED) is 0.835. The minimum Gasteiger partial charge on any atom is -0.379 e. The largest absolute Gasteiger partial charge is 0.379 e. The highest BCUT2D eigenvalue weighted by molar-refractivity contribution is 5.19. The van der Waals surface area contributed by atoms with Gasteiger partial charge in [-0.2, -0.15) is 0 Å². The number of hydrogen-bond donors (Lipinski definition) is 1. The summed E-state index contributed by atoms with van der Waals surface area (Å²) in [5, 5.41) is 3.47. The summed E-state index contributed by atoms with van der Waals surface area (Å²) < 4.78 is 18.6. The van der Waals surface area contributed by atoms with Crippen molar-refractivity contribution in [3.05, 3.63) is 35.6 Å². The molecular weight excluding hydrogens is 229 g/mol. The molecule has 1 rings (SSSR count). The Kier molecular flexibility index (Phi) is 5.29. The molecule has 0 heterocycles. The Morgan fingerprint density at radius 1 is 1.33 bits per heavy atom. The molecule has 0 radical (unpaired) electrons. The lowest BCUT2D eigenvalue weighted by Crippen LogP contribution is -2.36. The molecule has 0 fully saturated rings. The predicted molar refractivity (Wildman–Crippen MR) is 73.1 cm³/mol. The van der Waals surface area contributed by atoms with Crippen LogP contribution in [-0.4, -0.2) is 18.8 Å². The maximum absolute atomic E-state index is 13.1. The van der Waals surface area contributed by atoms with Gasteiger partial charge in [0.15, 0.2) is 0 Å². The summed E-state index contributed by atoms with van der Waals surface area (Å²) >= 11 is 0. The minimum atomic E-state index is -0.189. The number of ether oxygens (including phenoxy) is 1. The highest BCUT2D eigenvalue weighted by Gasteiger charge is 2.21. The first-order valence-corrected chi connectivity index (χ1v) is 6.41. The fourth-order valence-electron chi connectivity index (χ4n) is 2.18. The zero-order valence-corrected chi connectivity index (χ0v) is 12.0. The van der Waals surface area contributed by atoms with Gasteiger partial charge in [-0.25, -0.2) is 4.39 Å². The maximum atomic E-state index is 13.1. The molecule has 0 saturated carbocycles. The third-order valence-electron chi connectivity index (χ3n) is 3.23. The lowest BCUT2D eigenvalue weighted by Gasteiger charge is -2.29. The van der Waals surface area contributed by atoms with Crippen molar-refractivity contribution >= 4 is 0 Å². The van der Waals surface area contributed by atoms with Crippen molar-refractivity contribution < 1.29 is 9.13 Å². The van der Waals surface area contributed by atoms with E-state index >= 15 is 0 Å². The maximum Gasteiger partial charge on any atom is 0.123 e. The van der Waals surface area contributed by atoms with Gasteiger partial charge in [-0.15, -0.1) is 0 Å². The van der Waals surface area contributed by atoms with E-state index in [4.69, 9.17) is 4.74 Å². The van der Waals surface area contributed by atoms with Crippen LogP contribution in [0.2, 0.25) is 0 Å². The molecule has 0 amide bonds. The second-order valence-corrected chi connectivity index (χ2v) is 5.51. The van der Waals surface area contributed by atoms with E-state index in [2.05, 4.69) is 26.1 Å². The molecule has 1 unspecified atom stereocenters. The van der Waals surface area contributed by atoms with Gasteiger partial charge in [-0.3, -0.25) is 0 Å². The van der Waals surface area contributed by atoms with Crippen LogP contribution in [0.5, 0.6) is 0 Å². The van der Waals surface area contributed by atoms with E-state index in [-0.39, 0.29) is 17.5 Å². The van der Waals surface area contributed by atoms with Gasteiger partial charge < -0.3 is 10.1 Å². The molecule has 0 spiro atoms. The van der Waals surface area contributed by atoms with Crippen molar-refractivity contribution in [2.24, 2.45) is 0 Å². The topological polar surface area (TPSA) is 21.3 Å². The smallest absolute Gasteiger partial charge is 0.123 e. The second kappa shape index (κ2) is 6.30. The fraction of sp³-hybridized carbons (Fsp3) is 0.600. The summed E-state index contributed by atoms with van der Waals surface area (Å²) in [5.74, 6) is -0.189. The minimum absolute atomic E-state index is 0.128. The van der Waals surface area contributed by atoms with E-state index in [1.54, 1.807) is 19.2 Å². The average molecular weight is 253 g/mol. The van der Waals surface area contributed by atoms with Crippen molar-refractivity contribution in [2.45, 2.75) is 51.8 Å². The van der Waals surface area contributed by atoms with Crippen LogP contribution in [0.1, 0.15) is 45.7 Å². The molecule has 0 aliphatic rings. The van der Waals surface area contributed by atoms with Gasteiger partial charge in [0, 0.05) is 19.2 Å². The van der Waals surface area contributed by atoms with Crippen LogP contribution < -0.4 is 5.32 Å². The van der Waals surface area contributed by atoms with Gasteiger partial charge in [0.05, 0.1) is 5.60 Å². The average Bonchev–Trinajstić information content (AvgIpc) is 2.28. The van der Waals surface area contributed by atoms with Crippen LogP contribution in [0, 0.1) is 5.82 Å². The van der Waals surface area contributed by atoms with E-state index in [9.17, 15) is 4.39 Å². The van der Waals surface area contributed by atoms with Crippen LogP contribution in [0.4, 0.5) is 4.39 Å². The third-order valence-corrected chi connectivity index (χ3v) is 3.23. The molecule has 0 aliphatic heterocycles.